The Balaban J connectivity index is 1.21. The minimum Gasteiger partial charge on any atom is -0.458 e. The van der Waals surface area contributed by atoms with Crippen molar-refractivity contribution in [2.24, 2.45) is 0 Å². The quantitative estimate of drug-likeness (QED) is 0.189. The fourth-order valence-electron chi connectivity index (χ4n) is 7.81. The molecule has 0 saturated carbocycles. The minimum atomic E-state index is -0.0608. The van der Waals surface area contributed by atoms with Crippen molar-refractivity contribution in [3.8, 4) is 0 Å². The van der Waals surface area contributed by atoms with Crippen molar-refractivity contribution < 1.29 is 4.42 Å². The molecule has 3 heterocycles. The fraction of sp³-hybridized carbons (Fsp3) is 0.0222. The second-order valence-electron chi connectivity index (χ2n) is 12.5. The van der Waals surface area contributed by atoms with E-state index in [0.717, 1.165) is 62.2 Å². The summed E-state index contributed by atoms with van der Waals surface area (Å²) in [5.41, 5.74) is 13.5. The van der Waals surface area contributed by atoms with E-state index in [1.165, 1.54) is 16.8 Å². The molecule has 1 unspecified atom stereocenters. The first-order valence-electron chi connectivity index (χ1n) is 16.7. The van der Waals surface area contributed by atoms with Crippen molar-refractivity contribution in [3.05, 3.63) is 199 Å². The maximum absolute atomic E-state index is 6.87. The molecule has 4 heteroatoms. The molecule has 0 radical (unpaired) electrons. The van der Waals surface area contributed by atoms with Crippen LogP contribution in [0.5, 0.6) is 0 Å². The van der Waals surface area contributed by atoms with Crippen LogP contribution >= 0.6 is 0 Å². The maximum Gasteiger partial charge on any atom is 0.141 e. The minimum absolute atomic E-state index is 0.0608. The molecule has 4 nitrogen and oxygen atoms in total. The number of para-hydroxylation sites is 5. The van der Waals surface area contributed by atoms with Gasteiger partial charge in [0.15, 0.2) is 0 Å². The molecule has 0 saturated heterocycles. The Hall–Kier alpha value is -6.52. The monoisotopic (exact) mass is 629 g/mol. The summed E-state index contributed by atoms with van der Waals surface area (Å²) in [6.45, 7) is 0. The number of benzene rings is 7. The van der Waals surface area contributed by atoms with Gasteiger partial charge in [-0.3, -0.25) is 0 Å². The van der Waals surface area contributed by atoms with E-state index in [9.17, 15) is 0 Å². The molecule has 7 aromatic carbocycles. The standard InChI is InChI=1S/C45H31N3O/c1-4-16-31(17-5-1)46(32-18-6-2-7-19-32)34-22-14-23-35(30-34)47-38-26-12-10-24-36(38)42-43-39(47)27-15-28-40(43)48(33-20-8-3-9-21-33)44-37-25-11-13-29-41(37)49-45(42)44/h1-30,42H. The molecule has 1 aromatic heterocycles. The zero-order valence-electron chi connectivity index (χ0n) is 26.6. The van der Waals surface area contributed by atoms with Crippen LogP contribution in [0.3, 0.4) is 0 Å². The molecule has 0 fully saturated rings. The van der Waals surface area contributed by atoms with E-state index in [2.05, 4.69) is 197 Å². The van der Waals surface area contributed by atoms with E-state index in [-0.39, 0.29) is 5.92 Å². The summed E-state index contributed by atoms with van der Waals surface area (Å²) in [5, 5.41) is 1.12. The van der Waals surface area contributed by atoms with E-state index >= 15 is 0 Å². The second-order valence-corrected chi connectivity index (χ2v) is 12.5. The molecule has 0 N–H and O–H groups in total. The molecule has 2 aliphatic heterocycles. The molecule has 10 rings (SSSR count). The van der Waals surface area contributed by atoms with E-state index in [1.54, 1.807) is 0 Å². The van der Waals surface area contributed by atoms with E-state index in [1.807, 2.05) is 0 Å². The summed E-state index contributed by atoms with van der Waals surface area (Å²) >= 11 is 0. The van der Waals surface area contributed by atoms with Gasteiger partial charge >= 0.3 is 0 Å². The van der Waals surface area contributed by atoms with Crippen molar-refractivity contribution in [2.45, 2.75) is 5.92 Å². The second kappa shape index (κ2) is 11.0. The lowest BCUT2D eigenvalue weighted by atomic mass is 9.78. The van der Waals surface area contributed by atoms with Gasteiger partial charge in [-0.2, -0.15) is 0 Å². The zero-order chi connectivity index (χ0) is 32.3. The molecular formula is C45H31N3O. The Kier molecular flexibility index (Phi) is 6.21. The number of rotatable bonds is 5. The van der Waals surface area contributed by atoms with E-state index < -0.39 is 0 Å². The van der Waals surface area contributed by atoms with Crippen LogP contribution in [0.1, 0.15) is 22.8 Å². The Morgan fingerprint density at radius 2 is 1.00 bits per heavy atom. The van der Waals surface area contributed by atoms with Gasteiger partial charge in [0.25, 0.3) is 0 Å². The zero-order valence-corrected chi connectivity index (χ0v) is 26.6. The highest BCUT2D eigenvalue weighted by molar-refractivity contribution is 6.04. The Morgan fingerprint density at radius 1 is 0.449 bits per heavy atom. The van der Waals surface area contributed by atoms with Crippen molar-refractivity contribution in [1.82, 2.24) is 0 Å². The Labute approximate surface area is 285 Å². The summed E-state index contributed by atoms with van der Waals surface area (Å²) < 4.78 is 6.87. The predicted octanol–water partition coefficient (Wildman–Crippen LogP) is 12.6. The molecule has 0 amide bonds. The lowest BCUT2D eigenvalue weighted by Gasteiger charge is -2.43. The van der Waals surface area contributed by atoms with Gasteiger partial charge in [-0.05, 0) is 90.5 Å². The molecule has 1 atom stereocenters. The average Bonchev–Trinajstić information content (AvgIpc) is 3.55. The molecule has 0 bridgehead atoms. The number of fused-ring (bicyclic) bond motifs is 6. The van der Waals surface area contributed by atoms with Crippen molar-refractivity contribution >= 4 is 62.2 Å². The van der Waals surface area contributed by atoms with Crippen LogP contribution in [0.15, 0.2) is 186 Å². The lowest BCUT2D eigenvalue weighted by Crippen LogP contribution is -2.28. The summed E-state index contributed by atoms with van der Waals surface area (Å²) in [7, 11) is 0. The number of hydrogen-bond acceptors (Lipinski definition) is 4. The molecule has 232 valence electrons. The van der Waals surface area contributed by atoms with Gasteiger partial charge in [0.1, 0.15) is 11.3 Å². The van der Waals surface area contributed by atoms with Crippen LogP contribution in [0.25, 0.3) is 11.0 Å². The summed E-state index contributed by atoms with van der Waals surface area (Å²) in [6, 6.07) is 64.7. The largest absolute Gasteiger partial charge is 0.458 e. The lowest BCUT2D eigenvalue weighted by molar-refractivity contribution is 0.538. The third kappa shape index (κ3) is 4.24. The van der Waals surface area contributed by atoms with E-state index in [4.69, 9.17) is 4.42 Å². The maximum atomic E-state index is 6.87. The molecular weight excluding hydrogens is 599 g/mol. The van der Waals surface area contributed by atoms with E-state index in [0.29, 0.717) is 0 Å². The first kappa shape index (κ1) is 27.6. The number of nitrogens with zero attached hydrogens (tertiary/aromatic N) is 3. The van der Waals surface area contributed by atoms with Crippen molar-refractivity contribution in [3.63, 3.8) is 0 Å². The molecule has 49 heavy (non-hydrogen) atoms. The summed E-state index contributed by atoms with van der Waals surface area (Å²) in [5.74, 6) is 0.916. The van der Waals surface area contributed by atoms with Crippen molar-refractivity contribution in [1.29, 1.82) is 0 Å². The number of anilines is 9. The average molecular weight is 630 g/mol. The Morgan fingerprint density at radius 3 is 1.76 bits per heavy atom. The first-order valence-corrected chi connectivity index (χ1v) is 16.7. The van der Waals surface area contributed by atoms with Crippen LogP contribution in [0, 0.1) is 0 Å². The predicted molar refractivity (Wildman–Crippen MR) is 201 cm³/mol. The van der Waals surface area contributed by atoms with Gasteiger partial charge < -0.3 is 19.1 Å². The number of furan rings is 1. The topological polar surface area (TPSA) is 22.9 Å². The Bertz CT molecular complexity index is 2430. The smallest absolute Gasteiger partial charge is 0.141 e. The third-order valence-corrected chi connectivity index (χ3v) is 9.79. The van der Waals surface area contributed by atoms with Crippen molar-refractivity contribution in [2.75, 3.05) is 14.7 Å². The normalized spacial score (nSPS) is 14.2. The molecule has 8 aromatic rings. The van der Waals surface area contributed by atoms with Gasteiger partial charge in [-0.15, -0.1) is 0 Å². The molecule has 0 spiro atoms. The summed E-state index contributed by atoms with van der Waals surface area (Å²) in [6.07, 6.45) is 0. The SMILES string of the molecule is c1ccc(N(c2ccccc2)c2cccc(N3c4ccccc4C4c5oc6ccccc6c5N(c5ccccc5)c5cccc3c54)c2)cc1. The highest BCUT2D eigenvalue weighted by atomic mass is 16.3. The molecule has 2 aliphatic rings. The van der Waals surface area contributed by atoms with Gasteiger partial charge in [-0.1, -0.05) is 97.1 Å². The van der Waals surface area contributed by atoms with Gasteiger partial charge in [-0.25, -0.2) is 0 Å². The van der Waals surface area contributed by atoms with Crippen LogP contribution in [-0.4, -0.2) is 0 Å². The first-order chi connectivity index (χ1) is 24.3. The van der Waals surface area contributed by atoms with Crippen LogP contribution in [-0.2, 0) is 0 Å². The molecule has 0 aliphatic carbocycles. The van der Waals surface area contributed by atoms with Gasteiger partial charge in [0.2, 0.25) is 0 Å². The van der Waals surface area contributed by atoms with Crippen LogP contribution in [0.2, 0.25) is 0 Å². The highest BCUT2D eigenvalue weighted by Crippen LogP contribution is 2.62. The van der Waals surface area contributed by atoms with Gasteiger partial charge in [0.05, 0.1) is 28.7 Å². The third-order valence-electron chi connectivity index (χ3n) is 9.79. The fourth-order valence-corrected chi connectivity index (χ4v) is 7.81. The highest BCUT2D eigenvalue weighted by Gasteiger charge is 2.43. The summed E-state index contributed by atoms with van der Waals surface area (Å²) in [4.78, 5) is 7.14. The van der Waals surface area contributed by atoms with Gasteiger partial charge in [0, 0.05) is 39.4 Å². The number of hydrogen-bond donors (Lipinski definition) is 0. The van der Waals surface area contributed by atoms with Crippen LogP contribution < -0.4 is 14.7 Å². The van der Waals surface area contributed by atoms with Crippen LogP contribution in [0.4, 0.5) is 51.2 Å².